The van der Waals surface area contributed by atoms with Gasteiger partial charge in [-0.2, -0.15) is 0 Å². The topological polar surface area (TPSA) is 80.3 Å². The third kappa shape index (κ3) is 3.41. The van der Waals surface area contributed by atoms with Gasteiger partial charge in [-0.3, -0.25) is 9.59 Å². The number of thiazole rings is 1. The van der Waals surface area contributed by atoms with Gasteiger partial charge in [-0.15, -0.1) is 11.3 Å². The summed E-state index contributed by atoms with van der Waals surface area (Å²) in [5.74, 6) is -0.150. The molecule has 1 atom stereocenters. The molecule has 2 N–H and O–H groups in total. The zero-order chi connectivity index (χ0) is 18.8. The first-order valence-corrected chi connectivity index (χ1v) is 9.32. The number of benzene rings is 2. The second-order valence-corrected chi connectivity index (χ2v) is 6.98. The number of carbonyl (C=O) groups is 2. The number of fused-ring (bicyclic) bond motifs is 1. The van der Waals surface area contributed by atoms with Crippen LogP contribution in [-0.4, -0.2) is 23.9 Å². The van der Waals surface area contributed by atoms with Crippen LogP contribution >= 0.6 is 11.3 Å². The summed E-state index contributed by atoms with van der Waals surface area (Å²) in [6.07, 6.45) is 0.0758. The van der Waals surface area contributed by atoms with Gasteiger partial charge in [0, 0.05) is 23.1 Å². The van der Waals surface area contributed by atoms with Crippen molar-refractivity contribution in [1.29, 1.82) is 0 Å². The summed E-state index contributed by atoms with van der Waals surface area (Å²) in [7, 11) is 1.61. The first-order chi connectivity index (χ1) is 13.2. The van der Waals surface area contributed by atoms with Crippen LogP contribution in [0.1, 0.15) is 17.9 Å². The van der Waals surface area contributed by atoms with Crippen molar-refractivity contribution in [3.8, 4) is 17.0 Å². The fraction of sp³-hybridized carbons (Fsp3) is 0.150. The van der Waals surface area contributed by atoms with Crippen molar-refractivity contribution in [3.05, 3.63) is 59.5 Å². The van der Waals surface area contributed by atoms with E-state index in [0.29, 0.717) is 5.13 Å². The lowest BCUT2D eigenvalue weighted by molar-refractivity contribution is -0.122. The summed E-state index contributed by atoms with van der Waals surface area (Å²) in [5.41, 5.74) is 3.22. The molecule has 2 amide bonds. The molecule has 1 aliphatic heterocycles. The van der Waals surface area contributed by atoms with E-state index in [1.807, 2.05) is 53.9 Å². The van der Waals surface area contributed by atoms with Crippen LogP contribution < -0.4 is 15.4 Å². The molecule has 0 aliphatic carbocycles. The second kappa shape index (κ2) is 7.20. The minimum absolute atomic E-state index is 0.0758. The lowest BCUT2D eigenvalue weighted by Gasteiger charge is -2.08. The number of para-hydroxylation sites is 2. The highest BCUT2D eigenvalue weighted by molar-refractivity contribution is 7.14. The minimum Gasteiger partial charge on any atom is -0.496 e. The number of hydrogen-bond acceptors (Lipinski definition) is 5. The molecular formula is C20H17N3O3S. The smallest absolute Gasteiger partial charge is 0.232 e. The number of nitrogens with zero attached hydrogens (tertiary/aromatic N) is 1. The van der Waals surface area contributed by atoms with Crippen LogP contribution in [0.25, 0.3) is 11.3 Å². The van der Waals surface area contributed by atoms with E-state index in [-0.39, 0.29) is 18.2 Å². The van der Waals surface area contributed by atoms with Gasteiger partial charge in [0.25, 0.3) is 0 Å². The molecule has 136 valence electrons. The van der Waals surface area contributed by atoms with Crippen molar-refractivity contribution in [1.82, 2.24) is 4.98 Å². The van der Waals surface area contributed by atoms with Crippen molar-refractivity contribution in [2.24, 2.45) is 0 Å². The third-order valence-electron chi connectivity index (χ3n) is 4.43. The number of aromatic nitrogens is 1. The van der Waals surface area contributed by atoms with E-state index in [9.17, 15) is 9.59 Å². The molecule has 0 fully saturated rings. The highest BCUT2D eigenvalue weighted by atomic mass is 32.1. The van der Waals surface area contributed by atoms with Gasteiger partial charge in [-0.25, -0.2) is 4.98 Å². The van der Waals surface area contributed by atoms with E-state index >= 15 is 0 Å². The summed E-state index contributed by atoms with van der Waals surface area (Å²) in [6, 6.07) is 15.0. The fourth-order valence-electron chi connectivity index (χ4n) is 3.15. The molecule has 1 aliphatic rings. The maximum absolute atomic E-state index is 12.4. The quantitative estimate of drug-likeness (QED) is 0.705. The van der Waals surface area contributed by atoms with Crippen LogP contribution in [0, 0.1) is 0 Å². The first kappa shape index (κ1) is 17.2. The van der Waals surface area contributed by atoms with Gasteiger partial charge >= 0.3 is 0 Å². The molecule has 0 saturated heterocycles. The van der Waals surface area contributed by atoms with Crippen molar-refractivity contribution in [3.63, 3.8) is 0 Å². The Morgan fingerprint density at radius 2 is 2.00 bits per heavy atom. The first-order valence-electron chi connectivity index (χ1n) is 8.44. The number of hydrogen-bond donors (Lipinski definition) is 2. The molecule has 4 rings (SSSR count). The summed E-state index contributed by atoms with van der Waals surface area (Å²) < 4.78 is 5.36. The molecule has 3 aromatic rings. The summed E-state index contributed by atoms with van der Waals surface area (Å²) in [6.45, 7) is 0. The number of rotatable bonds is 5. The van der Waals surface area contributed by atoms with Gasteiger partial charge in [0.2, 0.25) is 11.8 Å². The predicted octanol–water partition coefficient (Wildman–Crippen LogP) is 3.88. The van der Waals surface area contributed by atoms with E-state index in [4.69, 9.17) is 4.74 Å². The number of anilines is 2. The van der Waals surface area contributed by atoms with Gasteiger partial charge < -0.3 is 15.4 Å². The maximum Gasteiger partial charge on any atom is 0.232 e. The fourth-order valence-corrected chi connectivity index (χ4v) is 3.87. The maximum atomic E-state index is 12.4. The Hall–Kier alpha value is -3.19. The average molecular weight is 379 g/mol. The van der Waals surface area contributed by atoms with Gasteiger partial charge in [0.1, 0.15) is 5.75 Å². The van der Waals surface area contributed by atoms with Crippen molar-refractivity contribution in [2.75, 3.05) is 17.7 Å². The van der Waals surface area contributed by atoms with E-state index < -0.39 is 5.92 Å². The Kier molecular flexibility index (Phi) is 4.60. The predicted molar refractivity (Wildman–Crippen MR) is 105 cm³/mol. The molecule has 27 heavy (non-hydrogen) atoms. The van der Waals surface area contributed by atoms with Crippen LogP contribution in [0.3, 0.4) is 0 Å². The van der Waals surface area contributed by atoms with Gasteiger partial charge in [0.05, 0.1) is 18.7 Å². The molecule has 6 nitrogen and oxygen atoms in total. The Morgan fingerprint density at radius 3 is 2.85 bits per heavy atom. The third-order valence-corrected chi connectivity index (χ3v) is 5.19. The summed E-state index contributed by atoms with van der Waals surface area (Å²) >= 11 is 1.34. The number of amides is 2. The van der Waals surface area contributed by atoms with E-state index in [2.05, 4.69) is 15.6 Å². The molecule has 2 heterocycles. The van der Waals surface area contributed by atoms with Crippen molar-refractivity contribution in [2.45, 2.75) is 12.3 Å². The van der Waals surface area contributed by atoms with Crippen LogP contribution in [0.15, 0.2) is 53.9 Å². The van der Waals surface area contributed by atoms with Crippen LogP contribution in [0.5, 0.6) is 5.75 Å². The minimum atomic E-state index is -0.477. The molecule has 0 radical (unpaired) electrons. The SMILES string of the molecule is COc1ccccc1-c1csc(NC(=O)C[C@H]2C(=O)Nc3ccccc32)n1. The number of methoxy groups -OCH3 is 1. The molecule has 7 heteroatoms. The summed E-state index contributed by atoms with van der Waals surface area (Å²) in [4.78, 5) is 29.1. The highest BCUT2D eigenvalue weighted by Crippen LogP contribution is 2.35. The normalized spacial score (nSPS) is 15.1. The van der Waals surface area contributed by atoms with Crippen molar-refractivity contribution >= 4 is 34.0 Å². The Labute approximate surface area is 160 Å². The van der Waals surface area contributed by atoms with Gasteiger partial charge in [-0.05, 0) is 23.8 Å². The number of ether oxygens (including phenoxy) is 1. The van der Waals surface area contributed by atoms with Gasteiger partial charge in [0.15, 0.2) is 5.13 Å². The lowest BCUT2D eigenvalue weighted by atomic mass is 9.97. The van der Waals surface area contributed by atoms with E-state index in [0.717, 1.165) is 28.3 Å². The number of nitrogens with one attached hydrogen (secondary N) is 2. The van der Waals surface area contributed by atoms with Crippen LogP contribution in [0.4, 0.5) is 10.8 Å². The molecule has 0 saturated carbocycles. The molecule has 0 spiro atoms. The number of carbonyl (C=O) groups excluding carboxylic acids is 2. The summed E-state index contributed by atoms with van der Waals surface area (Å²) in [5, 5.41) is 7.96. The molecule has 2 aromatic carbocycles. The van der Waals surface area contributed by atoms with E-state index in [1.165, 1.54) is 11.3 Å². The Morgan fingerprint density at radius 1 is 1.22 bits per heavy atom. The lowest BCUT2D eigenvalue weighted by Crippen LogP contribution is -2.20. The molecule has 1 aromatic heterocycles. The zero-order valence-corrected chi connectivity index (χ0v) is 15.4. The van der Waals surface area contributed by atoms with Crippen LogP contribution in [-0.2, 0) is 9.59 Å². The highest BCUT2D eigenvalue weighted by Gasteiger charge is 2.32. The molecule has 0 bridgehead atoms. The Balaban J connectivity index is 1.47. The monoisotopic (exact) mass is 379 g/mol. The Bertz CT molecular complexity index is 1010. The molecular weight excluding hydrogens is 362 g/mol. The van der Waals surface area contributed by atoms with Crippen LogP contribution in [0.2, 0.25) is 0 Å². The van der Waals surface area contributed by atoms with Gasteiger partial charge in [-0.1, -0.05) is 30.3 Å². The average Bonchev–Trinajstić information content (AvgIpc) is 3.26. The molecule has 0 unspecified atom stereocenters. The van der Waals surface area contributed by atoms with E-state index in [1.54, 1.807) is 7.11 Å². The standard InChI is InChI=1S/C20H17N3O3S/c1-26-17-9-5-3-7-13(17)16-11-27-20(22-16)23-18(24)10-14-12-6-2-4-8-15(12)21-19(14)25/h2-9,11,14H,10H2,1H3,(H,21,25)(H,22,23,24)/t14-/m1/s1. The largest absolute Gasteiger partial charge is 0.496 e. The zero-order valence-electron chi connectivity index (χ0n) is 14.6. The van der Waals surface area contributed by atoms with Crippen molar-refractivity contribution < 1.29 is 14.3 Å². The second-order valence-electron chi connectivity index (χ2n) is 6.12.